The molecule has 3 aromatic rings. The predicted octanol–water partition coefficient (Wildman–Crippen LogP) is 4.09. The van der Waals surface area contributed by atoms with E-state index in [9.17, 15) is 9.18 Å². The van der Waals surface area contributed by atoms with Crippen LogP contribution in [0.5, 0.6) is 0 Å². The number of aromatic nitrogens is 2. The Morgan fingerprint density at radius 3 is 2.55 bits per heavy atom. The van der Waals surface area contributed by atoms with Crippen molar-refractivity contribution >= 4 is 22.3 Å². The number of halogens is 1. The lowest BCUT2D eigenvalue weighted by atomic mass is 9.97. The molecule has 1 N–H and O–H groups in total. The quantitative estimate of drug-likeness (QED) is 0.531. The van der Waals surface area contributed by atoms with E-state index >= 15 is 0 Å². The van der Waals surface area contributed by atoms with Crippen molar-refractivity contribution in [3.63, 3.8) is 0 Å². The van der Waals surface area contributed by atoms with E-state index < -0.39 is 5.82 Å². The Kier molecular flexibility index (Phi) is 6.98. The van der Waals surface area contributed by atoms with Crippen molar-refractivity contribution in [1.29, 1.82) is 0 Å². The second kappa shape index (κ2) is 9.91. The minimum Gasteiger partial charge on any atom is -0.381 e. The lowest BCUT2D eigenvalue weighted by molar-refractivity contribution is 0.316. The summed E-state index contributed by atoms with van der Waals surface area (Å²) in [5.41, 5.74) is 3.21. The molecule has 0 fully saturated rings. The van der Waals surface area contributed by atoms with Crippen molar-refractivity contribution in [2.45, 2.75) is 39.2 Å². The second-order valence-electron chi connectivity index (χ2n) is 8.98. The van der Waals surface area contributed by atoms with Gasteiger partial charge in [0, 0.05) is 45.3 Å². The number of anilines is 2. The molecule has 1 aliphatic rings. The number of hydrogen-bond donors (Lipinski definition) is 1. The largest absolute Gasteiger partial charge is 0.381 e. The van der Waals surface area contributed by atoms with Gasteiger partial charge in [-0.05, 0) is 55.8 Å². The molecule has 1 atom stereocenters. The summed E-state index contributed by atoms with van der Waals surface area (Å²) in [5.74, 6) is 0.582. The zero-order valence-electron chi connectivity index (χ0n) is 20.1. The molecule has 1 aliphatic heterocycles. The van der Waals surface area contributed by atoms with Crippen LogP contribution in [-0.4, -0.2) is 54.7 Å². The third-order valence-electron chi connectivity index (χ3n) is 6.71. The van der Waals surface area contributed by atoms with Gasteiger partial charge >= 0.3 is 0 Å². The maximum absolute atomic E-state index is 14.7. The molecule has 1 unspecified atom stereocenters. The highest BCUT2D eigenvalue weighted by Crippen LogP contribution is 2.31. The van der Waals surface area contributed by atoms with Crippen LogP contribution in [-0.2, 0) is 13.0 Å². The molecule has 2 heterocycles. The Labute approximate surface area is 195 Å². The van der Waals surface area contributed by atoms with Crippen LogP contribution in [0.2, 0.25) is 0 Å². The van der Waals surface area contributed by atoms with E-state index in [1.165, 1.54) is 11.6 Å². The van der Waals surface area contributed by atoms with Crippen LogP contribution in [0, 0.1) is 5.82 Å². The molecule has 0 bridgehead atoms. The first-order chi connectivity index (χ1) is 15.9. The summed E-state index contributed by atoms with van der Waals surface area (Å²) in [5, 5.41) is 3.54. The predicted molar refractivity (Wildman–Crippen MR) is 134 cm³/mol. The summed E-state index contributed by atoms with van der Waals surface area (Å²) in [4.78, 5) is 22.3. The summed E-state index contributed by atoms with van der Waals surface area (Å²) < 4.78 is 16.5. The van der Waals surface area contributed by atoms with E-state index in [1.54, 1.807) is 10.6 Å². The van der Waals surface area contributed by atoms with Crippen LogP contribution in [0.1, 0.15) is 37.6 Å². The maximum atomic E-state index is 14.7. The molecule has 33 heavy (non-hydrogen) atoms. The van der Waals surface area contributed by atoms with Crippen LogP contribution < -0.4 is 15.8 Å². The molecule has 1 aromatic heterocycles. The van der Waals surface area contributed by atoms with Gasteiger partial charge in [0.2, 0.25) is 0 Å². The maximum Gasteiger partial charge on any atom is 0.261 e. The van der Waals surface area contributed by atoms with E-state index in [0.717, 1.165) is 44.0 Å². The zero-order chi connectivity index (χ0) is 23.5. The zero-order valence-corrected chi connectivity index (χ0v) is 20.1. The number of nitrogens with zero attached hydrogens (tertiary/aromatic N) is 4. The molecule has 4 rings (SSSR count). The van der Waals surface area contributed by atoms with Gasteiger partial charge in [0.15, 0.2) is 0 Å². The van der Waals surface area contributed by atoms with Crippen molar-refractivity contribution in [2.75, 3.05) is 50.5 Å². The van der Waals surface area contributed by atoms with Crippen LogP contribution in [0.4, 0.5) is 15.8 Å². The van der Waals surface area contributed by atoms with E-state index in [4.69, 9.17) is 4.98 Å². The van der Waals surface area contributed by atoms with Crippen LogP contribution in [0.3, 0.4) is 0 Å². The van der Waals surface area contributed by atoms with Gasteiger partial charge in [0.1, 0.15) is 11.6 Å². The summed E-state index contributed by atoms with van der Waals surface area (Å²) in [6, 6.07) is 11.5. The summed E-state index contributed by atoms with van der Waals surface area (Å²) in [7, 11) is 4.05. The minimum atomic E-state index is -0.406. The molecule has 176 valence electrons. The van der Waals surface area contributed by atoms with Crippen molar-refractivity contribution in [1.82, 2.24) is 14.5 Å². The molecular weight excluding hydrogens is 417 g/mol. The lowest BCUT2D eigenvalue weighted by Crippen LogP contribution is -2.28. The second-order valence-corrected chi connectivity index (χ2v) is 8.98. The van der Waals surface area contributed by atoms with Gasteiger partial charge < -0.3 is 15.1 Å². The molecule has 0 aliphatic carbocycles. The molecule has 0 saturated carbocycles. The van der Waals surface area contributed by atoms with Gasteiger partial charge in [-0.2, -0.15) is 0 Å². The number of benzene rings is 2. The topological polar surface area (TPSA) is 53.4 Å². The first kappa shape index (κ1) is 23.2. The van der Waals surface area contributed by atoms with Crippen LogP contribution in [0.25, 0.3) is 10.9 Å². The molecule has 0 amide bonds. The fraction of sp³-hybridized carbons (Fsp3) is 0.462. The van der Waals surface area contributed by atoms with E-state index in [-0.39, 0.29) is 11.5 Å². The van der Waals surface area contributed by atoms with Gasteiger partial charge in [-0.1, -0.05) is 26.0 Å². The highest BCUT2D eigenvalue weighted by molar-refractivity contribution is 5.82. The Hall–Kier alpha value is -2.93. The lowest BCUT2D eigenvalue weighted by Gasteiger charge is -2.19. The molecule has 0 spiro atoms. The monoisotopic (exact) mass is 451 g/mol. The molecule has 6 nitrogen and oxygen atoms in total. The van der Waals surface area contributed by atoms with Gasteiger partial charge in [0.05, 0.1) is 16.6 Å². The smallest absolute Gasteiger partial charge is 0.261 e. The number of likely N-dealkylation sites (N-methyl/N-ethyl adjacent to an activating group) is 1. The van der Waals surface area contributed by atoms with Gasteiger partial charge in [-0.25, -0.2) is 9.37 Å². The number of hydrogen-bond acceptors (Lipinski definition) is 5. The number of nitrogens with one attached hydrogen (secondary N) is 1. The van der Waals surface area contributed by atoms with E-state index in [1.807, 2.05) is 14.1 Å². The SMILES string of the molecule is CCN(CC)CCNc1cc2nc3n(c(=O)c2cc1F)CCC3Cc1ccc(N(C)C)cc1. The van der Waals surface area contributed by atoms with Gasteiger partial charge in [0.25, 0.3) is 5.56 Å². The summed E-state index contributed by atoms with van der Waals surface area (Å²) >= 11 is 0. The van der Waals surface area contributed by atoms with Crippen molar-refractivity contribution < 1.29 is 4.39 Å². The first-order valence-electron chi connectivity index (χ1n) is 11.9. The molecular formula is C26H34FN5O. The minimum absolute atomic E-state index is 0.144. The average Bonchev–Trinajstić information content (AvgIpc) is 3.20. The standard InChI is InChI=1S/C26H34FN5O/c1-5-31(6-2)14-12-28-24-17-23-21(16-22(24)27)26(33)32-13-11-19(25(32)29-23)15-18-7-9-20(10-8-18)30(3)4/h7-10,16-17,19,28H,5-6,11-15H2,1-4H3. The Bertz CT molecular complexity index is 1170. The fourth-order valence-electron chi connectivity index (χ4n) is 4.63. The molecule has 0 radical (unpaired) electrons. The van der Waals surface area contributed by atoms with Gasteiger partial charge in [-0.15, -0.1) is 0 Å². The van der Waals surface area contributed by atoms with Crippen molar-refractivity contribution in [3.05, 3.63) is 64.0 Å². The molecule has 7 heteroatoms. The van der Waals surface area contributed by atoms with Crippen molar-refractivity contribution in [2.24, 2.45) is 0 Å². The Morgan fingerprint density at radius 2 is 1.88 bits per heavy atom. The normalized spacial score (nSPS) is 15.3. The summed E-state index contributed by atoms with van der Waals surface area (Å²) in [6.45, 7) is 8.25. The highest BCUT2D eigenvalue weighted by Gasteiger charge is 2.27. The van der Waals surface area contributed by atoms with Gasteiger partial charge in [-0.3, -0.25) is 9.36 Å². The molecule has 0 saturated heterocycles. The Morgan fingerprint density at radius 1 is 1.15 bits per heavy atom. The van der Waals surface area contributed by atoms with Crippen LogP contribution in [0.15, 0.2) is 41.2 Å². The third-order valence-corrected chi connectivity index (χ3v) is 6.71. The van der Waals surface area contributed by atoms with E-state index in [2.05, 4.69) is 53.2 Å². The first-order valence-corrected chi connectivity index (χ1v) is 11.9. The van der Waals surface area contributed by atoms with Crippen LogP contribution >= 0.6 is 0 Å². The summed E-state index contributed by atoms with van der Waals surface area (Å²) in [6.07, 6.45) is 1.70. The van der Waals surface area contributed by atoms with Crippen molar-refractivity contribution in [3.8, 4) is 0 Å². The fourth-order valence-corrected chi connectivity index (χ4v) is 4.63. The number of rotatable bonds is 9. The average molecular weight is 452 g/mol. The highest BCUT2D eigenvalue weighted by atomic mass is 19.1. The third kappa shape index (κ3) is 4.88. The Balaban J connectivity index is 1.58. The van der Waals surface area contributed by atoms with E-state index in [0.29, 0.717) is 29.7 Å². The molecule has 2 aromatic carbocycles. The number of fused-ring (bicyclic) bond motifs is 2.